The van der Waals surface area contributed by atoms with Crippen LogP contribution in [0.2, 0.25) is 0 Å². The van der Waals surface area contributed by atoms with Crippen LogP contribution < -0.4 is 15.6 Å². The summed E-state index contributed by atoms with van der Waals surface area (Å²) in [6, 6.07) is 14.0. The van der Waals surface area contributed by atoms with Crippen LogP contribution in [0.4, 0.5) is 5.69 Å². The van der Waals surface area contributed by atoms with Crippen LogP contribution in [-0.2, 0) is 18.2 Å². The quantitative estimate of drug-likeness (QED) is 0.649. The van der Waals surface area contributed by atoms with Gasteiger partial charge in [0.25, 0.3) is 5.56 Å². The van der Waals surface area contributed by atoms with Gasteiger partial charge in [-0.1, -0.05) is 24.3 Å². The Labute approximate surface area is 182 Å². The third kappa shape index (κ3) is 3.83. The Morgan fingerprint density at radius 1 is 1.19 bits per heavy atom. The lowest BCUT2D eigenvalue weighted by atomic mass is 10.1. The Balaban J connectivity index is 1.74. The monoisotopic (exact) mass is 419 g/mol. The number of rotatable bonds is 6. The molecule has 0 unspecified atom stereocenters. The van der Waals surface area contributed by atoms with Crippen molar-refractivity contribution >= 4 is 5.69 Å². The van der Waals surface area contributed by atoms with Gasteiger partial charge in [-0.3, -0.25) is 9.36 Å². The van der Waals surface area contributed by atoms with Gasteiger partial charge in [-0.15, -0.1) is 0 Å². The third-order valence-electron chi connectivity index (χ3n) is 6.01. The summed E-state index contributed by atoms with van der Waals surface area (Å²) in [6.45, 7) is 6.50. The molecule has 0 aliphatic heterocycles. The summed E-state index contributed by atoms with van der Waals surface area (Å²) in [4.78, 5) is 18.2. The molecule has 162 valence electrons. The number of ether oxygens (including phenoxy) is 2. The minimum atomic E-state index is -0.0997. The molecule has 6 nitrogen and oxygen atoms in total. The van der Waals surface area contributed by atoms with Gasteiger partial charge < -0.3 is 14.8 Å². The van der Waals surface area contributed by atoms with Crippen molar-refractivity contribution in [2.24, 2.45) is 7.05 Å². The fourth-order valence-electron chi connectivity index (χ4n) is 4.38. The summed E-state index contributed by atoms with van der Waals surface area (Å²) in [5.74, 6) is 1.42. The van der Waals surface area contributed by atoms with Gasteiger partial charge in [-0.25, -0.2) is 4.98 Å². The number of aryl methyl sites for hydroxylation is 2. The molecular formula is C25H29N3O3. The van der Waals surface area contributed by atoms with Crippen molar-refractivity contribution < 1.29 is 9.47 Å². The minimum Gasteiger partial charge on any atom is -0.497 e. The molecule has 1 aliphatic rings. The van der Waals surface area contributed by atoms with Crippen LogP contribution in [0.15, 0.2) is 47.3 Å². The van der Waals surface area contributed by atoms with Crippen LogP contribution in [0.3, 0.4) is 0 Å². The summed E-state index contributed by atoms with van der Waals surface area (Å²) in [7, 11) is 3.41. The van der Waals surface area contributed by atoms with Crippen molar-refractivity contribution in [1.82, 2.24) is 9.55 Å². The second kappa shape index (κ2) is 8.55. The Morgan fingerprint density at radius 2 is 1.97 bits per heavy atom. The molecule has 0 radical (unpaired) electrons. The van der Waals surface area contributed by atoms with Gasteiger partial charge in [-0.05, 0) is 55.7 Å². The molecule has 31 heavy (non-hydrogen) atoms. The molecule has 0 saturated carbocycles. The average Bonchev–Trinajstić information content (AvgIpc) is 3.11. The summed E-state index contributed by atoms with van der Waals surface area (Å²) in [6.07, 6.45) is 0.812. The topological polar surface area (TPSA) is 65.4 Å². The van der Waals surface area contributed by atoms with Crippen molar-refractivity contribution in [3.63, 3.8) is 0 Å². The lowest BCUT2D eigenvalue weighted by Crippen LogP contribution is -2.31. The van der Waals surface area contributed by atoms with Gasteiger partial charge in [0.1, 0.15) is 17.3 Å². The number of nitrogens with one attached hydrogen (secondary N) is 1. The van der Waals surface area contributed by atoms with Crippen LogP contribution in [0, 0.1) is 13.8 Å². The molecule has 4 rings (SSSR count). The van der Waals surface area contributed by atoms with E-state index in [2.05, 4.69) is 17.4 Å². The summed E-state index contributed by atoms with van der Waals surface area (Å²) < 4.78 is 12.9. The van der Waals surface area contributed by atoms with E-state index in [1.54, 1.807) is 18.7 Å². The maximum Gasteiger partial charge on any atom is 0.277 e. The molecular weight excluding hydrogens is 390 g/mol. The second-order valence-electron chi connectivity index (χ2n) is 7.96. The predicted octanol–water partition coefficient (Wildman–Crippen LogP) is 4.19. The zero-order valence-corrected chi connectivity index (χ0v) is 18.7. The number of hydrogen-bond donors (Lipinski definition) is 1. The third-order valence-corrected chi connectivity index (χ3v) is 6.01. The first-order valence-electron chi connectivity index (χ1n) is 10.6. The molecule has 0 spiro atoms. The van der Waals surface area contributed by atoms with Gasteiger partial charge in [0.05, 0.1) is 24.9 Å². The summed E-state index contributed by atoms with van der Waals surface area (Å²) >= 11 is 0. The Kier molecular flexibility index (Phi) is 5.83. The highest BCUT2D eigenvalue weighted by Gasteiger charge is 2.34. The summed E-state index contributed by atoms with van der Waals surface area (Å²) in [5, 5.41) is 3.48. The molecule has 0 amide bonds. The largest absolute Gasteiger partial charge is 0.497 e. The maximum atomic E-state index is 13.4. The van der Waals surface area contributed by atoms with Crippen molar-refractivity contribution in [3.05, 3.63) is 75.2 Å². The van der Waals surface area contributed by atoms with Gasteiger partial charge >= 0.3 is 0 Å². The van der Waals surface area contributed by atoms with E-state index in [0.29, 0.717) is 23.8 Å². The molecule has 6 heteroatoms. The van der Waals surface area contributed by atoms with E-state index in [0.717, 1.165) is 23.3 Å². The molecule has 3 aromatic rings. The van der Waals surface area contributed by atoms with Gasteiger partial charge in [-0.2, -0.15) is 0 Å². The first-order valence-corrected chi connectivity index (χ1v) is 10.6. The molecule has 1 N–H and O–H groups in total. The van der Waals surface area contributed by atoms with Crippen LogP contribution in [-0.4, -0.2) is 29.4 Å². The van der Waals surface area contributed by atoms with E-state index in [1.807, 2.05) is 51.1 Å². The fourth-order valence-corrected chi connectivity index (χ4v) is 4.38. The molecule has 1 aromatic heterocycles. The molecule has 2 aromatic carbocycles. The van der Waals surface area contributed by atoms with Crippen LogP contribution in [0.5, 0.6) is 5.75 Å². The predicted molar refractivity (Wildman–Crippen MR) is 123 cm³/mol. The highest BCUT2D eigenvalue weighted by molar-refractivity contribution is 5.64. The zero-order chi connectivity index (χ0) is 22.1. The highest BCUT2D eigenvalue weighted by atomic mass is 16.5. The number of aromatic nitrogens is 2. The fraction of sp³-hybridized carbons (Fsp3) is 0.360. The van der Waals surface area contributed by atoms with Crippen molar-refractivity contribution in [3.8, 4) is 17.1 Å². The van der Waals surface area contributed by atoms with E-state index in [9.17, 15) is 4.79 Å². The van der Waals surface area contributed by atoms with E-state index >= 15 is 0 Å². The highest BCUT2D eigenvalue weighted by Crippen LogP contribution is 2.36. The molecule has 0 bridgehead atoms. The Bertz CT molecular complexity index is 1170. The number of nitrogens with zero attached hydrogens (tertiary/aromatic N) is 2. The number of anilines is 1. The maximum absolute atomic E-state index is 13.4. The minimum absolute atomic E-state index is 0.0185. The van der Waals surface area contributed by atoms with E-state index in [4.69, 9.17) is 14.5 Å². The van der Waals surface area contributed by atoms with Gasteiger partial charge in [0.2, 0.25) is 0 Å². The van der Waals surface area contributed by atoms with Crippen molar-refractivity contribution in [2.75, 3.05) is 19.0 Å². The SMILES string of the molecule is CCO[C@H]1Cc2ccccc2[C@H]1Nc1c(C)nc(-c2ccc(OC)cc2C)n(C)c1=O. The Hall–Kier alpha value is -3.12. The smallest absolute Gasteiger partial charge is 0.277 e. The van der Waals surface area contributed by atoms with E-state index < -0.39 is 0 Å². The van der Waals surface area contributed by atoms with E-state index in [-0.39, 0.29) is 17.7 Å². The molecule has 1 aliphatic carbocycles. The van der Waals surface area contributed by atoms with Crippen molar-refractivity contribution in [2.45, 2.75) is 39.3 Å². The van der Waals surface area contributed by atoms with E-state index in [1.165, 1.54) is 11.1 Å². The molecule has 0 saturated heterocycles. The lowest BCUT2D eigenvalue weighted by Gasteiger charge is -2.24. The van der Waals surface area contributed by atoms with Crippen LogP contribution in [0.25, 0.3) is 11.4 Å². The number of fused-ring (bicyclic) bond motifs is 1. The molecule has 0 fully saturated rings. The average molecular weight is 420 g/mol. The lowest BCUT2D eigenvalue weighted by molar-refractivity contribution is 0.0574. The molecule has 2 atom stereocenters. The number of methoxy groups -OCH3 is 1. The van der Waals surface area contributed by atoms with Crippen molar-refractivity contribution in [1.29, 1.82) is 0 Å². The first-order chi connectivity index (χ1) is 14.9. The normalized spacial score (nSPS) is 17.5. The van der Waals surface area contributed by atoms with Gasteiger partial charge in [0.15, 0.2) is 0 Å². The number of benzene rings is 2. The Morgan fingerprint density at radius 3 is 2.68 bits per heavy atom. The van der Waals surface area contributed by atoms with Crippen LogP contribution in [0.1, 0.15) is 35.3 Å². The summed E-state index contributed by atoms with van der Waals surface area (Å²) in [5.41, 5.74) is 5.44. The standard InChI is InChI=1S/C25H29N3O3/c1-6-31-21-14-17-9-7-8-10-20(17)23(21)27-22-16(3)26-24(28(4)25(22)29)19-12-11-18(30-5)13-15(19)2/h7-13,21,23,27H,6,14H2,1-5H3/t21-,23+/m0/s1. The number of hydrogen-bond acceptors (Lipinski definition) is 5. The zero-order valence-electron chi connectivity index (χ0n) is 18.7. The van der Waals surface area contributed by atoms with Gasteiger partial charge in [0, 0.05) is 25.6 Å². The van der Waals surface area contributed by atoms with Crippen LogP contribution >= 0.6 is 0 Å². The second-order valence-corrected chi connectivity index (χ2v) is 7.96. The molecule has 1 heterocycles. The first kappa shape index (κ1) is 21.1.